The number of thioether (sulfide) groups is 2. The van der Waals surface area contributed by atoms with Crippen LogP contribution in [0.3, 0.4) is 0 Å². The minimum absolute atomic E-state index is 0.344. The molecule has 0 fully saturated rings. The molecule has 2 aromatic carbocycles. The highest BCUT2D eigenvalue weighted by atomic mass is 32.2. The van der Waals surface area contributed by atoms with Crippen LogP contribution < -0.4 is 0 Å². The van der Waals surface area contributed by atoms with Crippen LogP contribution in [0.25, 0.3) is 0 Å². The second-order valence-electron chi connectivity index (χ2n) is 4.69. The van der Waals surface area contributed by atoms with Crippen LogP contribution in [0, 0.1) is 0 Å². The van der Waals surface area contributed by atoms with Crippen LogP contribution in [-0.2, 0) is 0 Å². The number of carboxylic acids is 1. The molecule has 1 atom stereocenters. The number of benzene rings is 2. The number of aromatic carboxylic acids is 1. The monoisotopic (exact) mass is 302 g/mol. The van der Waals surface area contributed by atoms with Gasteiger partial charge in [-0.25, -0.2) is 4.79 Å². The van der Waals surface area contributed by atoms with Gasteiger partial charge in [0.05, 0.1) is 5.56 Å². The highest BCUT2D eigenvalue weighted by Gasteiger charge is 2.22. The number of fused-ring (bicyclic) bond motifs is 1. The van der Waals surface area contributed by atoms with Crippen molar-refractivity contribution in [1.29, 1.82) is 0 Å². The van der Waals surface area contributed by atoms with Gasteiger partial charge >= 0.3 is 5.97 Å². The van der Waals surface area contributed by atoms with E-state index in [1.165, 1.54) is 10.5 Å². The molecule has 1 N–H and O–H groups in total. The fraction of sp³-hybridized carbons (Fsp3) is 0.188. The quantitative estimate of drug-likeness (QED) is 0.851. The SMILES string of the molecule is O=C(O)c1ccc(SCC2CSc3ccccc32)cc1. The maximum Gasteiger partial charge on any atom is 0.335 e. The third kappa shape index (κ3) is 2.86. The van der Waals surface area contributed by atoms with Gasteiger partial charge in [0.25, 0.3) is 0 Å². The first-order chi connectivity index (χ1) is 9.74. The number of carboxylic acid groups (broad SMARTS) is 1. The molecule has 1 heterocycles. The van der Waals surface area contributed by atoms with E-state index < -0.39 is 5.97 Å². The van der Waals surface area contributed by atoms with Crippen molar-refractivity contribution in [3.05, 3.63) is 59.7 Å². The molecule has 0 radical (unpaired) electrons. The summed E-state index contributed by atoms with van der Waals surface area (Å²) in [6, 6.07) is 15.7. The van der Waals surface area contributed by atoms with Crippen molar-refractivity contribution < 1.29 is 9.90 Å². The number of rotatable bonds is 4. The second kappa shape index (κ2) is 5.94. The Morgan fingerprint density at radius 1 is 1.20 bits per heavy atom. The Kier molecular flexibility index (Phi) is 4.03. The van der Waals surface area contributed by atoms with E-state index in [0.717, 1.165) is 16.4 Å². The summed E-state index contributed by atoms with van der Waals surface area (Å²) < 4.78 is 0. The average molecular weight is 302 g/mol. The summed E-state index contributed by atoms with van der Waals surface area (Å²) in [5.74, 6) is 1.89. The first-order valence-corrected chi connectivity index (χ1v) is 8.39. The molecule has 1 unspecified atom stereocenters. The highest BCUT2D eigenvalue weighted by molar-refractivity contribution is 8.00. The van der Waals surface area contributed by atoms with Crippen LogP contribution in [0.5, 0.6) is 0 Å². The van der Waals surface area contributed by atoms with Crippen molar-refractivity contribution in [3.63, 3.8) is 0 Å². The van der Waals surface area contributed by atoms with Gasteiger partial charge in [0.15, 0.2) is 0 Å². The van der Waals surface area contributed by atoms with Gasteiger partial charge < -0.3 is 5.11 Å². The van der Waals surface area contributed by atoms with Crippen LogP contribution in [0.4, 0.5) is 0 Å². The summed E-state index contributed by atoms with van der Waals surface area (Å²) in [4.78, 5) is 13.3. The maximum absolute atomic E-state index is 10.8. The van der Waals surface area contributed by atoms with Crippen molar-refractivity contribution in [1.82, 2.24) is 0 Å². The lowest BCUT2D eigenvalue weighted by molar-refractivity contribution is 0.0697. The van der Waals surface area contributed by atoms with Gasteiger partial charge in [0.1, 0.15) is 0 Å². The van der Waals surface area contributed by atoms with Gasteiger partial charge in [-0.15, -0.1) is 23.5 Å². The van der Waals surface area contributed by atoms with E-state index in [-0.39, 0.29) is 0 Å². The summed E-state index contributed by atoms with van der Waals surface area (Å²) >= 11 is 3.72. The van der Waals surface area contributed by atoms with Gasteiger partial charge in [-0.2, -0.15) is 0 Å². The smallest absolute Gasteiger partial charge is 0.335 e. The van der Waals surface area contributed by atoms with Gasteiger partial charge in [-0.1, -0.05) is 18.2 Å². The van der Waals surface area contributed by atoms with Gasteiger partial charge in [0.2, 0.25) is 0 Å². The summed E-state index contributed by atoms with van der Waals surface area (Å²) in [6.45, 7) is 0. The van der Waals surface area contributed by atoms with E-state index in [1.54, 1.807) is 23.9 Å². The molecule has 1 aliphatic heterocycles. The molecule has 1 aliphatic rings. The van der Waals surface area contributed by atoms with E-state index in [1.807, 2.05) is 23.9 Å². The second-order valence-corrected chi connectivity index (χ2v) is 6.84. The molecular weight excluding hydrogens is 288 g/mol. The van der Waals surface area contributed by atoms with E-state index in [9.17, 15) is 4.79 Å². The molecule has 4 heteroatoms. The molecule has 3 rings (SSSR count). The lowest BCUT2D eigenvalue weighted by Crippen LogP contribution is -2.00. The number of carbonyl (C=O) groups is 1. The predicted octanol–water partition coefficient (Wildman–Crippen LogP) is 4.37. The fourth-order valence-electron chi connectivity index (χ4n) is 2.26. The molecule has 20 heavy (non-hydrogen) atoms. The fourth-order valence-corrected chi connectivity index (χ4v) is 4.68. The maximum atomic E-state index is 10.8. The van der Waals surface area contributed by atoms with Crippen molar-refractivity contribution in [2.45, 2.75) is 15.7 Å². The predicted molar refractivity (Wildman–Crippen MR) is 84.0 cm³/mol. The highest BCUT2D eigenvalue weighted by Crippen LogP contribution is 2.41. The summed E-state index contributed by atoms with van der Waals surface area (Å²) in [5, 5.41) is 8.88. The van der Waals surface area contributed by atoms with Crippen LogP contribution in [-0.4, -0.2) is 22.6 Å². The topological polar surface area (TPSA) is 37.3 Å². The van der Waals surface area contributed by atoms with E-state index in [2.05, 4.69) is 24.3 Å². The first kappa shape index (κ1) is 13.6. The Balaban J connectivity index is 1.64. The number of hydrogen-bond donors (Lipinski definition) is 1. The minimum Gasteiger partial charge on any atom is -0.478 e. The van der Waals surface area contributed by atoms with Crippen LogP contribution in [0.2, 0.25) is 0 Å². The van der Waals surface area contributed by atoms with Crippen molar-refractivity contribution >= 4 is 29.5 Å². The Labute approximate surface area is 126 Å². The molecule has 0 spiro atoms. The summed E-state index contributed by atoms with van der Waals surface area (Å²) in [6.07, 6.45) is 0. The van der Waals surface area contributed by atoms with Crippen LogP contribution in [0.1, 0.15) is 21.8 Å². The van der Waals surface area contributed by atoms with E-state index in [4.69, 9.17) is 5.11 Å². The molecule has 2 nitrogen and oxygen atoms in total. The Hall–Kier alpha value is -1.39. The van der Waals surface area contributed by atoms with Crippen molar-refractivity contribution in [2.75, 3.05) is 11.5 Å². The zero-order chi connectivity index (χ0) is 13.9. The van der Waals surface area contributed by atoms with Gasteiger partial charge in [0, 0.05) is 27.2 Å². The van der Waals surface area contributed by atoms with Crippen LogP contribution in [0.15, 0.2) is 58.3 Å². The molecule has 0 saturated heterocycles. The zero-order valence-corrected chi connectivity index (χ0v) is 12.4. The molecule has 0 aliphatic carbocycles. The largest absolute Gasteiger partial charge is 0.478 e. The molecule has 0 saturated carbocycles. The first-order valence-electron chi connectivity index (χ1n) is 6.42. The Morgan fingerprint density at radius 3 is 2.70 bits per heavy atom. The molecule has 0 aromatic heterocycles. The minimum atomic E-state index is -0.873. The van der Waals surface area contributed by atoms with Crippen molar-refractivity contribution in [3.8, 4) is 0 Å². The Morgan fingerprint density at radius 2 is 1.95 bits per heavy atom. The summed E-state index contributed by atoms with van der Waals surface area (Å²) in [5.41, 5.74) is 1.79. The standard InChI is InChI=1S/C16H14O2S2/c17-16(18)11-5-7-13(8-6-11)19-9-12-10-20-15-4-2-1-3-14(12)15/h1-8,12H,9-10H2,(H,17,18). The Bertz CT molecular complexity index is 623. The van der Waals surface area contributed by atoms with Crippen LogP contribution >= 0.6 is 23.5 Å². The molecular formula is C16H14O2S2. The van der Waals surface area contributed by atoms with Gasteiger partial charge in [-0.05, 0) is 35.9 Å². The number of hydrogen-bond acceptors (Lipinski definition) is 3. The lowest BCUT2D eigenvalue weighted by Gasteiger charge is -2.10. The molecule has 2 aromatic rings. The van der Waals surface area contributed by atoms with Gasteiger partial charge in [-0.3, -0.25) is 0 Å². The zero-order valence-electron chi connectivity index (χ0n) is 10.8. The normalized spacial score (nSPS) is 16.9. The molecule has 0 bridgehead atoms. The third-order valence-corrected chi connectivity index (χ3v) is 5.78. The molecule has 0 amide bonds. The molecule has 102 valence electrons. The van der Waals surface area contributed by atoms with Crippen molar-refractivity contribution in [2.24, 2.45) is 0 Å². The lowest BCUT2D eigenvalue weighted by atomic mass is 10.0. The average Bonchev–Trinajstić information content (AvgIpc) is 2.89. The third-order valence-electron chi connectivity index (χ3n) is 3.35. The summed E-state index contributed by atoms with van der Waals surface area (Å²) in [7, 11) is 0. The van der Waals surface area contributed by atoms with E-state index >= 15 is 0 Å². The van der Waals surface area contributed by atoms with E-state index in [0.29, 0.717) is 11.5 Å².